The Kier molecular flexibility index (Phi) is 7.57. The topological polar surface area (TPSA) is 29.0 Å². The Balaban J connectivity index is 0.00000324. The third-order valence-electron chi connectivity index (χ3n) is 5.39. The normalized spacial score (nSPS) is 11.1. The third-order valence-corrected chi connectivity index (χ3v) is 5.39. The zero-order valence-electron chi connectivity index (χ0n) is 18.4. The quantitative estimate of drug-likeness (QED) is 0.186. The molecule has 0 N–H and O–H groups in total. The first-order chi connectivity index (χ1) is 15.7. The van der Waals surface area contributed by atoms with E-state index in [1.165, 1.54) is 4.90 Å². The van der Waals surface area contributed by atoms with Crippen molar-refractivity contribution in [1.82, 2.24) is 9.97 Å². The van der Waals surface area contributed by atoms with Gasteiger partial charge in [-0.2, -0.15) is 6.07 Å². The van der Waals surface area contributed by atoms with Crippen molar-refractivity contribution in [1.29, 1.82) is 0 Å². The summed E-state index contributed by atoms with van der Waals surface area (Å²) in [5.41, 5.74) is 0.953. The molecule has 0 saturated carbocycles. The van der Waals surface area contributed by atoms with Crippen LogP contribution in [0.1, 0.15) is 25.2 Å². The molecule has 0 bridgehead atoms. The Morgan fingerprint density at radius 1 is 0.794 bits per heavy atom. The molecule has 0 aliphatic heterocycles. The van der Waals surface area contributed by atoms with Gasteiger partial charge in [-0.05, 0) is 43.4 Å². The first-order valence-electron chi connectivity index (χ1n) is 10.1. The summed E-state index contributed by atoms with van der Waals surface area (Å²) in [5.74, 6) is -2.51. The fourth-order valence-corrected chi connectivity index (χ4v) is 3.46. The summed E-state index contributed by atoms with van der Waals surface area (Å²) in [4.78, 5) is 10.7. The maximum Gasteiger partial charge on any atom is 2.00 e. The maximum atomic E-state index is 14.3. The van der Waals surface area contributed by atoms with Crippen molar-refractivity contribution in [3.8, 4) is 11.3 Å². The fraction of sp³-hybridized carbons (Fsp3) is 0.154. The molecule has 0 radical (unpaired) electrons. The summed E-state index contributed by atoms with van der Waals surface area (Å²) in [6.07, 6.45) is 0. The molecule has 0 spiro atoms. The van der Waals surface area contributed by atoms with Gasteiger partial charge in [0.25, 0.3) is 0 Å². The monoisotopic (exact) mass is 644 g/mol. The Morgan fingerprint density at radius 3 is 2.03 bits per heavy atom. The molecule has 3 nitrogen and oxygen atoms in total. The van der Waals surface area contributed by atoms with Gasteiger partial charge in [-0.25, -0.2) is 4.98 Å². The minimum Gasteiger partial charge on any atom is -0.350 e. The molecule has 0 aliphatic carbocycles. The van der Waals surface area contributed by atoms with Crippen LogP contribution in [0.4, 0.5) is 29.1 Å². The van der Waals surface area contributed by atoms with E-state index in [2.05, 4.69) is 22.1 Å². The smallest absolute Gasteiger partial charge is 0.350 e. The Bertz CT molecular complexity index is 1330. The van der Waals surface area contributed by atoms with E-state index >= 15 is 0 Å². The number of anilines is 2. The van der Waals surface area contributed by atoms with E-state index in [4.69, 9.17) is 0 Å². The van der Waals surface area contributed by atoms with Gasteiger partial charge in [-0.1, -0.05) is 29.8 Å². The number of rotatable bonds is 5. The predicted molar refractivity (Wildman–Crippen MR) is 118 cm³/mol. The van der Waals surface area contributed by atoms with Crippen molar-refractivity contribution in [3.63, 3.8) is 0 Å². The fourth-order valence-electron chi connectivity index (χ4n) is 3.46. The van der Waals surface area contributed by atoms with Crippen LogP contribution in [0.5, 0.6) is 0 Å². The average molecular weight is 645 g/mol. The van der Waals surface area contributed by atoms with Gasteiger partial charge < -0.3 is 9.88 Å². The van der Waals surface area contributed by atoms with E-state index in [1.807, 2.05) is 13.8 Å². The summed E-state index contributed by atoms with van der Waals surface area (Å²) in [6.45, 7) is 3.81. The van der Waals surface area contributed by atoms with Crippen molar-refractivity contribution in [2.75, 3.05) is 11.9 Å². The second-order valence-corrected chi connectivity index (χ2v) is 8.03. The van der Waals surface area contributed by atoms with E-state index in [0.717, 1.165) is 24.3 Å². The van der Waals surface area contributed by atoms with Gasteiger partial charge in [0.15, 0.2) is 0 Å². The molecule has 34 heavy (non-hydrogen) atoms. The Hall–Kier alpha value is -3.05. The molecular weight excluding hydrogens is 625 g/mol. The van der Waals surface area contributed by atoms with Gasteiger partial charge in [0.2, 0.25) is 0 Å². The zero-order valence-corrected chi connectivity index (χ0v) is 20.7. The molecule has 4 aromatic rings. The summed E-state index contributed by atoms with van der Waals surface area (Å²) in [5, 5.41) is 0. The predicted octanol–water partition coefficient (Wildman–Crippen LogP) is 6.39. The first kappa shape index (κ1) is 25.6. The molecule has 0 unspecified atom stereocenters. The largest absolute Gasteiger partial charge is 2.00 e. The van der Waals surface area contributed by atoms with E-state index in [-0.39, 0.29) is 32.3 Å². The van der Waals surface area contributed by atoms with Crippen LogP contribution >= 0.6 is 0 Å². The first-order valence-corrected chi connectivity index (χ1v) is 10.1. The second kappa shape index (κ2) is 10.1. The summed E-state index contributed by atoms with van der Waals surface area (Å²) >= 11 is 0. The van der Waals surface area contributed by atoms with Crippen molar-refractivity contribution in [2.45, 2.75) is 19.3 Å². The van der Waals surface area contributed by atoms with Crippen molar-refractivity contribution < 1.29 is 38.6 Å². The van der Waals surface area contributed by atoms with Crippen molar-refractivity contribution in [2.24, 2.45) is 0 Å². The molecule has 0 atom stereocenters. The SMILES string of the molecule is CN(c1cccc(C(C)(C)c2cccc(-c3[c-]cc(F)cc3F)n2)n1)c1[c-]cc(F)cc1F.[Pt+2]. The van der Waals surface area contributed by atoms with Crippen LogP contribution in [-0.4, -0.2) is 17.0 Å². The molecule has 0 aliphatic rings. The van der Waals surface area contributed by atoms with Gasteiger partial charge in [-0.3, -0.25) is 17.6 Å². The molecule has 0 amide bonds. The molecule has 2 heterocycles. The Morgan fingerprint density at radius 2 is 1.38 bits per heavy atom. The molecule has 0 saturated heterocycles. The van der Waals surface area contributed by atoms with Crippen LogP contribution in [-0.2, 0) is 26.5 Å². The summed E-state index contributed by atoms with van der Waals surface area (Å²) in [6, 6.07) is 19.3. The van der Waals surface area contributed by atoms with Crippen LogP contribution in [0.2, 0.25) is 0 Å². The van der Waals surface area contributed by atoms with E-state index < -0.39 is 28.7 Å². The molecular formula is C26H19F4N3Pt. The van der Waals surface area contributed by atoms with E-state index in [9.17, 15) is 17.6 Å². The molecule has 176 valence electrons. The summed E-state index contributed by atoms with van der Waals surface area (Å²) < 4.78 is 55.0. The van der Waals surface area contributed by atoms with Crippen LogP contribution in [0.25, 0.3) is 11.3 Å². The van der Waals surface area contributed by atoms with E-state index in [0.29, 0.717) is 22.9 Å². The van der Waals surface area contributed by atoms with Crippen molar-refractivity contribution in [3.05, 3.63) is 107 Å². The number of benzene rings is 2. The maximum absolute atomic E-state index is 14.3. The number of hydrogen-bond acceptors (Lipinski definition) is 3. The molecule has 8 heteroatoms. The minimum absolute atomic E-state index is 0. The van der Waals surface area contributed by atoms with Crippen molar-refractivity contribution >= 4 is 11.5 Å². The van der Waals surface area contributed by atoms with Gasteiger partial charge in [-0.15, -0.1) is 24.3 Å². The standard InChI is InChI=1S/C26H19F4N3.Pt/c1-26(2,23-7-4-6-21(31-23)18-12-10-16(27)14-19(18)29)24-8-5-9-25(32-24)33(3)22-13-11-17(28)15-20(22)30;/h4-11,14-15H,1-3H3;/q-2;+2. The molecule has 4 rings (SSSR count). The molecule has 0 fully saturated rings. The van der Waals surface area contributed by atoms with Crippen LogP contribution in [0, 0.1) is 35.4 Å². The Labute approximate surface area is 209 Å². The van der Waals surface area contributed by atoms with E-state index in [1.54, 1.807) is 43.4 Å². The zero-order chi connectivity index (χ0) is 23.8. The molecule has 2 aromatic carbocycles. The number of nitrogens with zero attached hydrogens (tertiary/aromatic N) is 3. The van der Waals surface area contributed by atoms with Gasteiger partial charge >= 0.3 is 21.1 Å². The number of pyridine rings is 2. The molecule has 2 aromatic heterocycles. The van der Waals surface area contributed by atoms with Crippen LogP contribution in [0.15, 0.2) is 60.7 Å². The summed E-state index contributed by atoms with van der Waals surface area (Å²) in [7, 11) is 1.61. The number of aromatic nitrogens is 2. The number of halogens is 4. The third kappa shape index (κ3) is 5.04. The van der Waals surface area contributed by atoms with Crippen LogP contribution < -0.4 is 4.90 Å². The van der Waals surface area contributed by atoms with Gasteiger partial charge in [0, 0.05) is 41.4 Å². The average Bonchev–Trinajstić information content (AvgIpc) is 2.79. The minimum atomic E-state index is -0.754. The van der Waals surface area contributed by atoms with Gasteiger partial charge in [0.1, 0.15) is 5.82 Å². The second-order valence-electron chi connectivity index (χ2n) is 8.03. The van der Waals surface area contributed by atoms with Gasteiger partial charge in [0.05, 0.1) is 5.69 Å². The van der Waals surface area contributed by atoms with Crippen LogP contribution in [0.3, 0.4) is 0 Å². The number of hydrogen-bond donors (Lipinski definition) is 0.